The van der Waals surface area contributed by atoms with E-state index < -0.39 is 0 Å². The van der Waals surface area contributed by atoms with Gasteiger partial charge in [0.25, 0.3) is 0 Å². The maximum atomic E-state index is 13.9. The van der Waals surface area contributed by atoms with E-state index in [1.807, 2.05) is 13.0 Å². The molecule has 1 aliphatic heterocycles. The van der Waals surface area contributed by atoms with Crippen molar-refractivity contribution in [2.45, 2.75) is 45.1 Å². The van der Waals surface area contributed by atoms with Gasteiger partial charge in [-0.2, -0.15) is 0 Å². The van der Waals surface area contributed by atoms with E-state index in [0.29, 0.717) is 5.56 Å². The fourth-order valence-electron chi connectivity index (χ4n) is 2.74. The molecule has 0 aromatic heterocycles. The maximum Gasteiger partial charge on any atom is 0.130 e. The monoisotopic (exact) mass is 250 g/mol. The van der Waals surface area contributed by atoms with Gasteiger partial charge in [-0.1, -0.05) is 25.3 Å². The van der Waals surface area contributed by atoms with Crippen molar-refractivity contribution in [3.8, 4) is 0 Å². The van der Waals surface area contributed by atoms with Gasteiger partial charge in [-0.3, -0.25) is 0 Å². The average molecular weight is 250 g/mol. The van der Waals surface area contributed by atoms with Gasteiger partial charge in [0.15, 0.2) is 0 Å². The summed E-state index contributed by atoms with van der Waals surface area (Å²) in [5.41, 5.74) is 7.58. The van der Waals surface area contributed by atoms with Crippen LogP contribution >= 0.6 is 0 Å². The molecule has 1 aromatic rings. The molecule has 1 heterocycles. The zero-order valence-corrected chi connectivity index (χ0v) is 11.2. The molecule has 2 rings (SSSR count). The minimum absolute atomic E-state index is 0.176. The predicted molar refractivity (Wildman–Crippen MR) is 74.3 cm³/mol. The normalized spacial score (nSPS) is 19.2. The number of benzene rings is 1. The van der Waals surface area contributed by atoms with E-state index in [1.165, 1.54) is 38.2 Å². The van der Waals surface area contributed by atoms with Crippen molar-refractivity contribution in [1.82, 2.24) is 0 Å². The summed E-state index contributed by atoms with van der Waals surface area (Å²) in [6, 6.07) is 5.04. The Morgan fingerprint density at radius 1 is 1.11 bits per heavy atom. The van der Waals surface area contributed by atoms with Crippen molar-refractivity contribution in [1.29, 1.82) is 0 Å². The summed E-state index contributed by atoms with van der Waals surface area (Å²) in [7, 11) is 0. The summed E-state index contributed by atoms with van der Waals surface area (Å²) in [6.07, 6.45) is 6.26. The van der Waals surface area contributed by atoms with Crippen molar-refractivity contribution >= 4 is 5.69 Å². The van der Waals surface area contributed by atoms with E-state index in [2.05, 4.69) is 4.90 Å². The minimum Gasteiger partial charge on any atom is -0.371 e. The Hall–Kier alpha value is -1.09. The van der Waals surface area contributed by atoms with Crippen LogP contribution in [-0.4, -0.2) is 13.1 Å². The molecule has 1 aliphatic rings. The quantitative estimate of drug-likeness (QED) is 0.868. The summed E-state index contributed by atoms with van der Waals surface area (Å²) in [6.45, 7) is 3.89. The first-order valence-corrected chi connectivity index (χ1v) is 6.99. The summed E-state index contributed by atoms with van der Waals surface area (Å²) < 4.78 is 13.9. The molecule has 1 atom stereocenters. The van der Waals surface area contributed by atoms with Crippen LogP contribution in [0.3, 0.4) is 0 Å². The Balaban J connectivity index is 2.27. The van der Waals surface area contributed by atoms with Gasteiger partial charge in [0.2, 0.25) is 0 Å². The SMILES string of the molecule is CC(N)c1c(F)cccc1N1CCCCCCC1. The number of nitrogens with zero attached hydrogens (tertiary/aromatic N) is 1. The number of rotatable bonds is 2. The van der Waals surface area contributed by atoms with E-state index in [1.54, 1.807) is 6.07 Å². The lowest BCUT2D eigenvalue weighted by molar-refractivity contribution is 0.549. The summed E-state index contributed by atoms with van der Waals surface area (Å²) in [5.74, 6) is -0.176. The lowest BCUT2D eigenvalue weighted by Crippen LogP contribution is -2.29. The predicted octanol–water partition coefficient (Wildman–Crippen LogP) is 3.62. The fraction of sp³-hybridized carbons (Fsp3) is 0.600. The molecule has 1 fully saturated rings. The third-order valence-electron chi connectivity index (χ3n) is 3.68. The molecule has 1 aromatic carbocycles. The third-order valence-corrected chi connectivity index (χ3v) is 3.68. The average Bonchev–Trinajstić information content (AvgIpc) is 2.27. The Kier molecular flexibility index (Phi) is 4.59. The van der Waals surface area contributed by atoms with Gasteiger partial charge in [0.05, 0.1) is 0 Å². The first-order chi connectivity index (χ1) is 8.70. The highest BCUT2D eigenvalue weighted by molar-refractivity contribution is 5.55. The number of anilines is 1. The van der Waals surface area contributed by atoms with Crippen LogP contribution in [0.4, 0.5) is 10.1 Å². The van der Waals surface area contributed by atoms with Crippen LogP contribution in [0.2, 0.25) is 0 Å². The molecule has 100 valence electrons. The topological polar surface area (TPSA) is 29.3 Å². The molecule has 2 N–H and O–H groups in total. The molecule has 0 radical (unpaired) electrons. The van der Waals surface area contributed by atoms with E-state index >= 15 is 0 Å². The number of halogens is 1. The molecule has 0 amide bonds. The molecule has 18 heavy (non-hydrogen) atoms. The second-order valence-electron chi connectivity index (χ2n) is 5.22. The van der Waals surface area contributed by atoms with E-state index in [9.17, 15) is 4.39 Å². The van der Waals surface area contributed by atoms with E-state index in [-0.39, 0.29) is 11.9 Å². The van der Waals surface area contributed by atoms with Gasteiger partial charge in [-0.25, -0.2) is 4.39 Å². The molecule has 0 spiro atoms. The van der Waals surface area contributed by atoms with Crippen molar-refractivity contribution in [3.05, 3.63) is 29.6 Å². The largest absolute Gasteiger partial charge is 0.371 e. The van der Waals surface area contributed by atoms with Crippen LogP contribution in [0, 0.1) is 5.82 Å². The molecular weight excluding hydrogens is 227 g/mol. The lowest BCUT2D eigenvalue weighted by Gasteiger charge is -2.30. The van der Waals surface area contributed by atoms with Gasteiger partial charge >= 0.3 is 0 Å². The van der Waals surface area contributed by atoms with E-state index in [0.717, 1.165) is 18.8 Å². The fourth-order valence-corrected chi connectivity index (χ4v) is 2.74. The highest BCUT2D eigenvalue weighted by Crippen LogP contribution is 2.29. The summed E-state index contributed by atoms with van der Waals surface area (Å²) >= 11 is 0. The number of nitrogens with two attached hydrogens (primary N) is 1. The van der Waals surface area contributed by atoms with Gasteiger partial charge in [0, 0.05) is 30.4 Å². The van der Waals surface area contributed by atoms with Gasteiger partial charge in [0.1, 0.15) is 5.82 Å². The van der Waals surface area contributed by atoms with Crippen molar-refractivity contribution in [3.63, 3.8) is 0 Å². The Morgan fingerprint density at radius 3 is 2.33 bits per heavy atom. The van der Waals surface area contributed by atoms with Crippen LogP contribution in [0.15, 0.2) is 18.2 Å². The highest BCUT2D eigenvalue weighted by Gasteiger charge is 2.17. The van der Waals surface area contributed by atoms with Gasteiger partial charge < -0.3 is 10.6 Å². The molecular formula is C15H23FN2. The molecule has 0 saturated carbocycles. The minimum atomic E-state index is -0.258. The Labute approximate surface area is 109 Å². The highest BCUT2D eigenvalue weighted by atomic mass is 19.1. The molecule has 3 heteroatoms. The molecule has 0 aliphatic carbocycles. The van der Waals surface area contributed by atoms with Crippen LogP contribution in [0.1, 0.15) is 50.6 Å². The standard InChI is InChI=1S/C15H23FN2/c1-12(17)15-13(16)8-7-9-14(15)18-10-5-3-2-4-6-11-18/h7-9,12H,2-6,10-11,17H2,1H3. The number of hydrogen-bond donors (Lipinski definition) is 1. The van der Waals surface area contributed by atoms with Crippen LogP contribution in [0.25, 0.3) is 0 Å². The first-order valence-electron chi connectivity index (χ1n) is 6.99. The van der Waals surface area contributed by atoms with Crippen molar-refractivity contribution in [2.75, 3.05) is 18.0 Å². The van der Waals surface area contributed by atoms with Crippen molar-refractivity contribution in [2.24, 2.45) is 5.73 Å². The Morgan fingerprint density at radius 2 is 1.72 bits per heavy atom. The van der Waals surface area contributed by atoms with Crippen molar-refractivity contribution < 1.29 is 4.39 Å². The smallest absolute Gasteiger partial charge is 0.130 e. The van der Waals surface area contributed by atoms with Gasteiger partial charge in [-0.05, 0) is 31.9 Å². The lowest BCUT2D eigenvalue weighted by atomic mass is 10.0. The molecule has 1 saturated heterocycles. The zero-order valence-electron chi connectivity index (χ0n) is 11.2. The second-order valence-corrected chi connectivity index (χ2v) is 5.22. The Bertz CT molecular complexity index is 382. The summed E-state index contributed by atoms with van der Waals surface area (Å²) in [5, 5.41) is 0. The maximum absolute atomic E-state index is 13.9. The van der Waals surface area contributed by atoms with Crippen LogP contribution in [0.5, 0.6) is 0 Å². The van der Waals surface area contributed by atoms with E-state index in [4.69, 9.17) is 5.73 Å². The first kappa shape index (κ1) is 13.3. The molecule has 0 bridgehead atoms. The van der Waals surface area contributed by atoms with Gasteiger partial charge in [-0.15, -0.1) is 0 Å². The number of hydrogen-bond acceptors (Lipinski definition) is 2. The third kappa shape index (κ3) is 3.02. The van der Waals surface area contributed by atoms with Crippen LogP contribution in [-0.2, 0) is 0 Å². The van der Waals surface area contributed by atoms with Crippen LogP contribution < -0.4 is 10.6 Å². The zero-order chi connectivity index (χ0) is 13.0. The second kappa shape index (κ2) is 6.19. The molecule has 1 unspecified atom stereocenters. The molecule has 2 nitrogen and oxygen atoms in total. The summed E-state index contributed by atoms with van der Waals surface area (Å²) in [4.78, 5) is 2.31.